The van der Waals surface area contributed by atoms with Crippen LogP contribution in [0.2, 0.25) is 0 Å². The van der Waals surface area contributed by atoms with Crippen molar-refractivity contribution in [2.24, 2.45) is 15.9 Å². The average Bonchev–Trinajstić information content (AvgIpc) is 2.70. The lowest BCUT2D eigenvalue weighted by Gasteiger charge is -2.35. The van der Waals surface area contributed by atoms with Crippen molar-refractivity contribution in [1.29, 1.82) is 0 Å². The van der Waals surface area contributed by atoms with Crippen LogP contribution < -0.4 is 5.43 Å². The van der Waals surface area contributed by atoms with E-state index in [4.69, 9.17) is 0 Å². The Labute approximate surface area is 181 Å². The van der Waals surface area contributed by atoms with Gasteiger partial charge in [0.05, 0.1) is 11.8 Å². The molecule has 3 rings (SSSR count). The van der Waals surface area contributed by atoms with Gasteiger partial charge in [0.25, 0.3) is 5.91 Å². The number of amides is 1. The average molecular weight is 424 g/mol. The van der Waals surface area contributed by atoms with Gasteiger partial charge < -0.3 is 10.2 Å². The topological polar surface area (TPSA) is 116 Å². The minimum Gasteiger partial charge on any atom is -0.511 e. The summed E-state index contributed by atoms with van der Waals surface area (Å²) < 4.78 is 0. The second-order valence-electron chi connectivity index (χ2n) is 9.21. The number of nitrogens with zero attached hydrogens (tertiary/aromatic N) is 1. The third-order valence-corrected chi connectivity index (χ3v) is 6.18. The van der Waals surface area contributed by atoms with Gasteiger partial charge in [-0.25, -0.2) is 5.43 Å². The van der Waals surface area contributed by atoms with E-state index in [-0.39, 0.29) is 47.7 Å². The lowest BCUT2D eigenvalue weighted by Crippen LogP contribution is -2.47. The van der Waals surface area contributed by atoms with E-state index in [9.17, 15) is 24.6 Å². The van der Waals surface area contributed by atoms with Crippen molar-refractivity contribution < 1.29 is 24.6 Å². The number of carbonyl (C=O) groups excluding carboxylic acids is 2. The number of benzene rings is 1. The van der Waals surface area contributed by atoms with Crippen molar-refractivity contribution in [3.8, 4) is 0 Å². The second kappa shape index (κ2) is 8.49. The van der Waals surface area contributed by atoms with E-state index in [1.807, 2.05) is 51.1 Å². The first kappa shape index (κ1) is 22.5. The number of aliphatic carboxylic acids is 1. The van der Waals surface area contributed by atoms with Crippen LogP contribution >= 0.6 is 0 Å². The number of hydrogen-bond donors (Lipinski definition) is 3. The highest BCUT2D eigenvalue weighted by Gasteiger charge is 2.49. The highest BCUT2D eigenvalue weighted by molar-refractivity contribution is 6.14. The summed E-state index contributed by atoms with van der Waals surface area (Å²) in [5, 5.41) is 23.9. The predicted octanol–water partition coefficient (Wildman–Crippen LogP) is 3.88. The van der Waals surface area contributed by atoms with Gasteiger partial charge in [0.15, 0.2) is 11.2 Å². The number of rotatable bonds is 5. The van der Waals surface area contributed by atoms with Gasteiger partial charge in [0.1, 0.15) is 5.76 Å². The van der Waals surface area contributed by atoms with Crippen molar-refractivity contribution in [2.75, 3.05) is 0 Å². The third-order valence-electron chi connectivity index (χ3n) is 6.18. The molecule has 1 aromatic rings. The van der Waals surface area contributed by atoms with E-state index in [2.05, 4.69) is 10.5 Å². The van der Waals surface area contributed by atoms with Gasteiger partial charge in [0, 0.05) is 18.8 Å². The molecule has 0 aromatic heterocycles. The van der Waals surface area contributed by atoms with Gasteiger partial charge in [-0.2, -0.15) is 5.10 Å². The van der Waals surface area contributed by atoms with Crippen molar-refractivity contribution >= 4 is 23.9 Å². The number of ketones is 1. The Bertz CT molecular complexity index is 990. The molecule has 2 aliphatic rings. The maximum absolute atomic E-state index is 13.0. The Balaban J connectivity index is 1.81. The molecule has 1 aromatic carbocycles. The first-order valence-electron chi connectivity index (χ1n) is 10.3. The molecule has 0 fully saturated rings. The zero-order chi connectivity index (χ0) is 22.8. The number of hydrazone groups is 1. The molecule has 0 saturated heterocycles. The number of carboxylic acid groups (broad SMARTS) is 1. The standard InChI is InChI=1S/C24H28N2O5/c1-15-9-10-24(22(30)31,11-17(15)16-7-5-4-6-8-16)21(29)26-25-14-18-19(27)12-23(2,3)13-20(18)28/h4-9,14,17,27H,10-13H2,1-3H3,(H,26,29)(H,30,31)/b25-14+. The van der Waals surface area contributed by atoms with E-state index in [0.717, 1.165) is 17.4 Å². The highest BCUT2D eigenvalue weighted by atomic mass is 16.4. The zero-order valence-corrected chi connectivity index (χ0v) is 18.0. The van der Waals surface area contributed by atoms with Crippen LogP contribution in [0.4, 0.5) is 0 Å². The number of hydrogen-bond acceptors (Lipinski definition) is 5. The largest absolute Gasteiger partial charge is 0.511 e. The predicted molar refractivity (Wildman–Crippen MR) is 117 cm³/mol. The molecule has 0 heterocycles. The summed E-state index contributed by atoms with van der Waals surface area (Å²) in [6.45, 7) is 5.70. The van der Waals surface area contributed by atoms with Crippen LogP contribution in [0.1, 0.15) is 57.9 Å². The van der Waals surface area contributed by atoms with Crippen LogP contribution in [0, 0.1) is 10.8 Å². The van der Waals surface area contributed by atoms with Gasteiger partial charge in [0.2, 0.25) is 0 Å². The number of allylic oxidation sites excluding steroid dienone is 4. The van der Waals surface area contributed by atoms with Crippen molar-refractivity contribution in [3.63, 3.8) is 0 Å². The van der Waals surface area contributed by atoms with Crippen LogP contribution in [-0.2, 0) is 14.4 Å². The molecule has 0 saturated carbocycles. The van der Waals surface area contributed by atoms with Crippen LogP contribution in [0.5, 0.6) is 0 Å². The molecular formula is C24H28N2O5. The first-order chi connectivity index (χ1) is 14.6. The SMILES string of the molecule is CC1=CCC(C(=O)O)(C(=O)N/N=C/C2=C(O)CC(C)(C)CC2=O)CC1c1ccccc1. The lowest BCUT2D eigenvalue weighted by atomic mass is 9.68. The lowest BCUT2D eigenvalue weighted by molar-refractivity contribution is -0.157. The molecule has 1 amide bonds. The monoisotopic (exact) mass is 424 g/mol. The Morgan fingerprint density at radius 3 is 2.48 bits per heavy atom. The van der Waals surface area contributed by atoms with Gasteiger partial charge in [-0.1, -0.05) is 55.8 Å². The summed E-state index contributed by atoms with van der Waals surface area (Å²) in [5.41, 5.74) is 2.29. The summed E-state index contributed by atoms with van der Waals surface area (Å²) in [6, 6.07) is 9.48. The highest BCUT2D eigenvalue weighted by Crippen LogP contribution is 2.44. The molecule has 7 nitrogen and oxygen atoms in total. The van der Waals surface area contributed by atoms with Gasteiger partial charge in [-0.05, 0) is 30.7 Å². The third kappa shape index (κ3) is 4.60. The number of carbonyl (C=O) groups is 3. The maximum Gasteiger partial charge on any atom is 0.319 e. The van der Waals surface area contributed by atoms with Crippen LogP contribution in [0.3, 0.4) is 0 Å². The number of aliphatic hydroxyl groups excluding tert-OH is 1. The molecule has 2 aliphatic carbocycles. The summed E-state index contributed by atoms with van der Waals surface area (Å²) in [4.78, 5) is 37.4. The second-order valence-corrected chi connectivity index (χ2v) is 9.21. The normalized spacial score (nSPS) is 26.0. The minimum atomic E-state index is -1.67. The molecule has 31 heavy (non-hydrogen) atoms. The van der Waals surface area contributed by atoms with E-state index < -0.39 is 17.3 Å². The van der Waals surface area contributed by atoms with Crippen molar-refractivity contribution in [1.82, 2.24) is 5.43 Å². The number of aliphatic hydroxyl groups is 1. The van der Waals surface area contributed by atoms with Crippen LogP contribution in [0.15, 0.2) is 58.4 Å². The Hall–Kier alpha value is -3.22. The molecule has 0 spiro atoms. The molecule has 3 N–H and O–H groups in total. The van der Waals surface area contributed by atoms with Crippen molar-refractivity contribution in [3.05, 3.63) is 58.9 Å². The van der Waals surface area contributed by atoms with Crippen molar-refractivity contribution in [2.45, 2.75) is 52.4 Å². The zero-order valence-electron chi connectivity index (χ0n) is 18.0. The fraction of sp³-hybridized carbons (Fsp3) is 0.417. The van der Waals surface area contributed by atoms with E-state index in [1.165, 1.54) is 0 Å². The molecule has 2 atom stereocenters. The quantitative estimate of drug-likeness (QED) is 0.287. The molecule has 0 bridgehead atoms. The first-order valence-corrected chi connectivity index (χ1v) is 10.3. The summed E-state index contributed by atoms with van der Waals surface area (Å²) in [7, 11) is 0. The van der Waals surface area contributed by atoms with Crippen LogP contribution in [-0.4, -0.2) is 34.1 Å². The number of Topliss-reactive ketones (excluding diaryl/α,β-unsaturated/α-hetero) is 1. The molecular weight excluding hydrogens is 396 g/mol. The smallest absolute Gasteiger partial charge is 0.319 e. The summed E-state index contributed by atoms with van der Waals surface area (Å²) in [6.07, 6.45) is 3.65. The molecule has 0 aliphatic heterocycles. The Kier molecular flexibility index (Phi) is 6.15. The Morgan fingerprint density at radius 1 is 1.19 bits per heavy atom. The number of nitrogens with one attached hydrogen (secondary N) is 1. The van der Waals surface area contributed by atoms with E-state index >= 15 is 0 Å². The van der Waals surface area contributed by atoms with Gasteiger partial charge in [-0.15, -0.1) is 0 Å². The maximum atomic E-state index is 13.0. The molecule has 0 radical (unpaired) electrons. The summed E-state index contributed by atoms with van der Waals surface area (Å²) in [5.74, 6) is -2.51. The van der Waals surface area contributed by atoms with Crippen LogP contribution in [0.25, 0.3) is 0 Å². The molecule has 7 heteroatoms. The minimum absolute atomic E-state index is 0.0468. The Morgan fingerprint density at radius 2 is 1.87 bits per heavy atom. The summed E-state index contributed by atoms with van der Waals surface area (Å²) >= 11 is 0. The van der Waals surface area contributed by atoms with Gasteiger partial charge >= 0.3 is 5.97 Å². The van der Waals surface area contributed by atoms with E-state index in [0.29, 0.717) is 6.42 Å². The number of carboxylic acids is 1. The molecule has 2 unspecified atom stereocenters. The molecule has 164 valence electrons. The van der Waals surface area contributed by atoms with Gasteiger partial charge in [-0.3, -0.25) is 14.4 Å². The fourth-order valence-electron chi connectivity index (χ4n) is 4.30. The van der Waals surface area contributed by atoms with E-state index in [1.54, 1.807) is 6.08 Å². The fourth-order valence-corrected chi connectivity index (χ4v) is 4.30.